The summed E-state index contributed by atoms with van der Waals surface area (Å²) in [6.45, 7) is 4.21. The van der Waals surface area contributed by atoms with Crippen LogP contribution in [-0.4, -0.2) is 0 Å². The minimum absolute atomic E-state index is 0.915. The maximum atomic E-state index is 4.26. The molecule has 0 unspecified atom stereocenters. The monoisotopic (exact) mass is 212 g/mol. The maximum Gasteiger partial charge on any atom is 0.0857 e. The first-order valence-electron chi connectivity index (χ1n) is 5.59. The van der Waals surface area contributed by atoms with Gasteiger partial charge in [-0.15, -0.1) is 0 Å². The molecule has 1 aromatic rings. The van der Waals surface area contributed by atoms with Crippen LogP contribution < -0.4 is 0 Å². The van der Waals surface area contributed by atoms with Crippen LogP contribution in [0, 0.1) is 6.92 Å². The first-order chi connectivity index (χ1) is 7.74. The van der Waals surface area contributed by atoms with Crippen LogP contribution in [0.4, 0.5) is 5.69 Å². The van der Waals surface area contributed by atoms with Crippen molar-refractivity contribution in [2.24, 2.45) is 10.2 Å². The molecule has 1 aromatic carbocycles. The van der Waals surface area contributed by atoms with Gasteiger partial charge in [0.2, 0.25) is 0 Å². The van der Waals surface area contributed by atoms with Crippen LogP contribution in [0.15, 0.2) is 57.9 Å². The predicted octanol–water partition coefficient (Wildman–Crippen LogP) is 4.70. The van der Waals surface area contributed by atoms with Gasteiger partial charge in [-0.05, 0) is 44.9 Å². The fourth-order valence-corrected chi connectivity index (χ4v) is 1.55. The third kappa shape index (κ3) is 2.89. The standard InChI is InChI=1S/C14H16N2/c1-11-3-7-13(8-4-11)15-16-14-9-5-12(2)6-10-14/h3-5,7-9H,6,10H2,1-2H3. The summed E-state index contributed by atoms with van der Waals surface area (Å²) >= 11 is 0. The molecular weight excluding hydrogens is 196 g/mol. The van der Waals surface area contributed by atoms with E-state index in [-0.39, 0.29) is 0 Å². The van der Waals surface area contributed by atoms with E-state index in [0.29, 0.717) is 0 Å². The number of benzene rings is 1. The summed E-state index contributed by atoms with van der Waals surface area (Å²) in [4.78, 5) is 0. The number of rotatable bonds is 2. The fourth-order valence-electron chi connectivity index (χ4n) is 1.55. The molecular formula is C14H16N2. The lowest BCUT2D eigenvalue weighted by Crippen LogP contribution is -1.87. The zero-order chi connectivity index (χ0) is 11.4. The van der Waals surface area contributed by atoms with Crippen LogP contribution in [0.3, 0.4) is 0 Å². The third-order valence-electron chi connectivity index (χ3n) is 2.66. The van der Waals surface area contributed by atoms with Crippen molar-refractivity contribution in [1.29, 1.82) is 0 Å². The summed E-state index contributed by atoms with van der Waals surface area (Å²) < 4.78 is 0. The smallest absolute Gasteiger partial charge is 0.0857 e. The highest BCUT2D eigenvalue weighted by atomic mass is 15.1. The Bertz CT molecular complexity index is 450. The number of hydrogen-bond donors (Lipinski definition) is 0. The molecule has 0 saturated carbocycles. The predicted molar refractivity (Wildman–Crippen MR) is 66.8 cm³/mol. The molecule has 2 heteroatoms. The van der Waals surface area contributed by atoms with E-state index in [9.17, 15) is 0 Å². The van der Waals surface area contributed by atoms with Crippen LogP contribution in [0.5, 0.6) is 0 Å². The second-order valence-electron chi connectivity index (χ2n) is 4.21. The van der Waals surface area contributed by atoms with Gasteiger partial charge in [0, 0.05) is 0 Å². The lowest BCUT2D eigenvalue weighted by atomic mass is 10.1. The van der Waals surface area contributed by atoms with E-state index in [1.807, 2.05) is 24.3 Å². The molecule has 0 amide bonds. The zero-order valence-corrected chi connectivity index (χ0v) is 9.77. The Balaban J connectivity index is 2.07. The molecule has 0 heterocycles. The molecule has 0 N–H and O–H groups in total. The number of nitrogens with zero attached hydrogens (tertiary/aromatic N) is 2. The Kier molecular flexibility index (Phi) is 3.30. The SMILES string of the molecule is CC1=CC=C(N=Nc2ccc(C)cc2)CC1. The number of hydrogen-bond acceptors (Lipinski definition) is 2. The molecule has 0 fully saturated rings. The van der Waals surface area contributed by atoms with Crippen molar-refractivity contribution in [1.82, 2.24) is 0 Å². The quantitative estimate of drug-likeness (QED) is 0.635. The molecule has 1 aliphatic rings. The van der Waals surface area contributed by atoms with Gasteiger partial charge < -0.3 is 0 Å². The molecule has 1 aliphatic carbocycles. The van der Waals surface area contributed by atoms with Crippen molar-refractivity contribution in [2.45, 2.75) is 26.7 Å². The average molecular weight is 212 g/mol. The van der Waals surface area contributed by atoms with E-state index < -0.39 is 0 Å². The highest BCUT2D eigenvalue weighted by Gasteiger charge is 2.01. The van der Waals surface area contributed by atoms with Crippen molar-refractivity contribution in [3.8, 4) is 0 Å². The van der Waals surface area contributed by atoms with Gasteiger partial charge in [-0.3, -0.25) is 0 Å². The maximum absolute atomic E-state index is 4.26. The van der Waals surface area contributed by atoms with Crippen molar-refractivity contribution in [3.63, 3.8) is 0 Å². The molecule has 2 nitrogen and oxygen atoms in total. The molecule has 2 rings (SSSR count). The molecule has 0 spiro atoms. The van der Waals surface area contributed by atoms with E-state index in [2.05, 4.69) is 36.2 Å². The largest absolute Gasteiger partial charge is 0.155 e. The average Bonchev–Trinajstić information content (AvgIpc) is 2.30. The summed E-state index contributed by atoms with van der Waals surface area (Å²) in [6, 6.07) is 8.08. The molecule has 0 radical (unpaired) electrons. The Labute approximate surface area is 96.4 Å². The fraction of sp³-hybridized carbons (Fsp3) is 0.286. The topological polar surface area (TPSA) is 24.7 Å². The molecule has 0 aliphatic heterocycles. The van der Waals surface area contributed by atoms with Gasteiger partial charge in [0.15, 0.2) is 0 Å². The van der Waals surface area contributed by atoms with E-state index in [1.54, 1.807) is 0 Å². The Morgan fingerprint density at radius 1 is 0.875 bits per heavy atom. The summed E-state index contributed by atoms with van der Waals surface area (Å²) in [5, 5.41) is 8.48. The minimum Gasteiger partial charge on any atom is -0.155 e. The van der Waals surface area contributed by atoms with E-state index in [0.717, 1.165) is 24.2 Å². The van der Waals surface area contributed by atoms with Gasteiger partial charge in [0.05, 0.1) is 11.4 Å². The van der Waals surface area contributed by atoms with Crippen LogP contribution >= 0.6 is 0 Å². The van der Waals surface area contributed by atoms with Gasteiger partial charge in [0.25, 0.3) is 0 Å². The van der Waals surface area contributed by atoms with Gasteiger partial charge >= 0.3 is 0 Å². The zero-order valence-electron chi connectivity index (χ0n) is 9.77. The van der Waals surface area contributed by atoms with E-state index >= 15 is 0 Å². The molecule has 16 heavy (non-hydrogen) atoms. The van der Waals surface area contributed by atoms with Crippen LogP contribution in [0.1, 0.15) is 25.3 Å². The molecule has 0 atom stereocenters. The molecule has 0 aromatic heterocycles. The number of aryl methyl sites for hydroxylation is 1. The van der Waals surface area contributed by atoms with Crippen molar-refractivity contribution in [2.75, 3.05) is 0 Å². The van der Waals surface area contributed by atoms with Crippen molar-refractivity contribution >= 4 is 5.69 Å². The number of allylic oxidation sites excluding steroid dienone is 4. The van der Waals surface area contributed by atoms with E-state index in [4.69, 9.17) is 0 Å². The molecule has 0 saturated heterocycles. The van der Waals surface area contributed by atoms with Crippen LogP contribution in [0.2, 0.25) is 0 Å². The molecule has 82 valence electrons. The lowest BCUT2D eigenvalue weighted by Gasteiger charge is -2.06. The second-order valence-corrected chi connectivity index (χ2v) is 4.21. The third-order valence-corrected chi connectivity index (χ3v) is 2.66. The van der Waals surface area contributed by atoms with Crippen molar-refractivity contribution < 1.29 is 0 Å². The highest BCUT2D eigenvalue weighted by molar-refractivity contribution is 5.38. The van der Waals surface area contributed by atoms with Gasteiger partial charge in [-0.2, -0.15) is 10.2 Å². The van der Waals surface area contributed by atoms with Crippen LogP contribution in [0.25, 0.3) is 0 Å². The van der Waals surface area contributed by atoms with E-state index in [1.165, 1.54) is 11.1 Å². The van der Waals surface area contributed by atoms with Crippen LogP contribution in [-0.2, 0) is 0 Å². The first-order valence-corrected chi connectivity index (χ1v) is 5.59. The lowest BCUT2D eigenvalue weighted by molar-refractivity contribution is 0.870. The molecule has 0 bridgehead atoms. The summed E-state index contributed by atoms with van der Waals surface area (Å²) in [7, 11) is 0. The summed E-state index contributed by atoms with van der Waals surface area (Å²) in [6.07, 6.45) is 6.26. The highest BCUT2D eigenvalue weighted by Crippen LogP contribution is 2.21. The minimum atomic E-state index is 0.915. The number of azo groups is 1. The second kappa shape index (κ2) is 4.88. The normalized spacial score (nSPS) is 16.1. The Morgan fingerprint density at radius 3 is 2.25 bits per heavy atom. The first kappa shape index (κ1) is 10.8. The van der Waals surface area contributed by atoms with Crippen molar-refractivity contribution in [3.05, 3.63) is 53.3 Å². The van der Waals surface area contributed by atoms with Gasteiger partial charge in [-0.25, -0.2) is 0 Å². The Hall–Kier alpha value is -1.70. The Morgan fingerprint density at radius 2 is 1.62 bits per heavy atom. The van der Waals surface area contributed by atoms with Gasteiger partial charge in [0.1, 0.15) is 0 Å². The summed E-state index contributed by atoms with van der Waals surface area (Å²) in [5.74, 6) is 0. The summed E-state index contributed by atoms with van der Waals surface area (Å²) in [5.41, 5.74) is 4.63. The van der Waals surface area contributed by atoms with Gasteiger partial charge in [-0.1, -0.05) is 29.3 Å².